The van der Waals surface area contributed by atoms with Gasteiger partial charge in [-0.2, -0.15) is 11.8 Å². The minimum atomic E-state index is 0. The minimum Gasteiger partial charge on any atom is -0.370 e. The van der Waals surface area contributed by atoms with Crippen LogP contribution >= 0.6 is 47.3 Å². The molecule has 0 amide bonds. The number of guanidine groups is 1. The van der Waals surface area contributed by atoms with E-state index in [1.54, 1.807) is 0 Å². The average Bonchev–Trinajstić information content (AvgIpc) is 3.27. The number of thioether (sulfide) groups is 1. The molecule has 21 heavy (non-hydrogen) atoms. The number of hydrogen-bond donors (Lipinski definition) is 1. The predicted octanol–water partition coefficient (Wildman–Crippen LogP) is 3.35. The Bertz CT molecular complexity index is 513. The molecule has 1 aromatic rings. The third-order valence-corrected chi connectivity index (χ3v) is 5.45. The molecule has 0 atom stereocenters. The summed E-state index contributed by atoms with van der Waals surface area (Å²) in [5.74, 6) is 2.99. The zero-order valence-corrected chi connectivity index (χ0v) is 15.8. The number of hydrogen-bond acceptors (Lipinski definition) is 2. The van der Waals surface area contributed by atoms with E-state index in [9.17, 15) is 0 Å². The van der Waals surface area contributed by atoms with Crippen molar-refractivity contribution in [2.45, 2.75) is 18.3 Å². The van der Waals surface area contributed by atoms with Crippen molar-refractivity contribution in [3.63, 3.8) is 0 Å². The van der Waals surface area contributed by atoms with Gasteiger partial charge in [-0.3, -0.25) is 4.99 Å². The summed E-state index contributed by atoms with van der Waals surface area (Å²) in [6.45, 7) is 2.78. The lowest BCUT2D eigenvalue weighted by Crippen LogP contribution is -2.43. The molecule has 3 rings (SSSR count). The molecule has 0 aromatic heterocycles. The van der Waals surface area contributed by atoms with Gasteiger partial charge in [-0.1, -0.05) is 29.8 Å². The van der Waals surface area contributed by atoms with E-state index in [1.165, 1.54) is 5.56 Å². The SMILES string of the molecule is I.NC(=NCC1(c2ccccc2Cl)CC1)N1CCSCC1. The molecule has 1 aromatic carbocycles. The van der Waals surface area contributed by atoms with Gasteiger partial charge in [0.15, 0.2) is 5.96 Å². The average molecular weight is 438 g/mol. The number of rotatable bonds is 3. The zero-order chi connectivity index (χ0) is 14.0. The minimum absolute atomic E-state index is 0. The molecule has 2 fully saturated rings. The highest BCUT2D eigenvalue weighted by Gasteiger charge is 2.45. The first-order valence-electron chi connectivity index (χ1n) is 7.09. The van der Waals surface area contributed by atoms with Gasteiger partial charge < -0.3 is 10.6 Å². The van der Waals surface area contributed by atoms with Crippen molar-refractivity contribution in [3.05, 3.63) is 34.9 Å². The Morgan fingerprint density at radius 1 is 1.29 bits per heavy atom. The highest BCUT2D eigenvalue weighted by molar-refractivity contribution is 14.0. The molecule has 2 N–H and O–H groups in total. The fourth-order valence-electron chi connectivity index (χ4n) is 2.68. The molecule has 2 aliphatic rings. The summed E-state index contributed by atoms with van der Waals surface area (Å²) < 4.78 is 0. The zero-order valence-electron chi connectivity index (χ0n) is 11.9. The van der Waals surface area contributed by atoms with Gasteiger partial charge in [0.25, 0.3) is 0 Å². The van der Waals surface area contributed by atoms with Crippen LogP contribution in [0.15, 0.2) is 29.3 Å². The van der Waals surface area contributed by atoms with Gasteiger partial charge in [-0.05, 0) is 24.5 Å². The van der Waals surface area contributed by atoms with Crippen LogP contribution in [0.2, 0.25) is 5.02 Å². The van der Waals surface area contributed by atoms with E-state index < -0.39 is 0 Å². The lowest BCUT2D eigenvalue weighted by atomic mass is 9.96. The first-order valence-corrected chi connectivity index (χ1v) is 8.62. The topological polar surface area (TPSA) is 41.6 Å². The summed E-state index contributed by atoms with van der Waals surface area (Å²) in [5, 5.41) is 0.855. The van der Waals surface area contributed by atoms with E-state index >= 15 is 0 Å². The Kier molecular flexibility index (Phi) is 6.08. The fourth-order valence-corrected chi connectivity index (χ4v) is 3.92. The van der Waals surface area contributed by atoms with Gasteiger partial charge in [0.2, 0.25) is 0 Å². The van der Waals surface area contributed by atoms with E-state index in [2.05, 4.69) is 22.0 Å². The van der Waals surface area contributed by atoms with Crippen LogP contribution in [0.1, 0.15) is 18.4 Å². The largest absolute Gasteiger partial charge is 0.370 e. The molecule has 1 aliphatic heterocycles. The quantitative estimate of drug-likeness (QED) is 0.448. The molecular formula is C15H21ClIN3S. The van der Waals surface area contributed by atoms with Gasteiger partial charge >= 0.3 is 0 Å². The molecule has 1 saturated carbocycles. The van der Waals surface area contributed by atoms with Crippen LogP contribution in [0.4, 0.5) is 0 Å². The van der Waals surface area contributed by atoms with E-state index in [1.807, 2.05) is 23.9 Å². The fraction of sp³-hybridized carbons (Fsp3) is 0.533. The lowest BCUT2D eigenvalue weighted by Gasteiger charge is -2.27. The Morgan fingerprint density at radius 2 is 1.95 bits per heavy atom. The van der Waals surface area contributed by atoms with Gasteiger partial charge in [-0.25, -0.2) is 0 Å². The van der Waals surface area contributed by atoms with Gasteiger partial charge in [0, 0.05) is 35.0 Å². The first kappa shape index (κ1) is 17.2. The molecule has 116 valence electrons. The summed E-state index contributed by atoms with van der Waals surface area (Å²) in [6.07, 6.45) is 2.31. The molecule has 3 nitrogen and oxygen atoms in total. The summed E-state index contributed by atoms with van der Waals surface area (Å²) in [5.41, 5.74) is 7.49. The molecule has 0 bridgehead atoms. The van der Waals surface area contributed by atoms with E-state index in [-0.39, 0.29) is 29.4 Å². The van der Waals surface area contributed by atoms with Crippen molar-refractivity contribution in [3.8, 4) is 0 Å². The van der Waals surface area contributed by atoms with Crippen molar-refractivity contribution in [2.24, 2.45) is 10.7 Å². The third kappa shape index (κ3) is 3.99. The molecule has 6 heteroatoms. The Balaban J connectivity index is 0.00000161. The van der Waals surface area contributed by atoms with Crippen molar-refractivity contribution in [2.75, 3.05) is 31.1 Å². The number of benzene rings is 1. The third-order valence-electron chi connectivity index (χ3n) is 4.18. The van der Waals surface area contributed by atoms with Crippen LogP contribution in [-0.4, -0.2) is 42.0 Å². The van der Waals surface area contributed by atoms with Crippen molar-refractivity contribution >= 4 is 53.3 Å². The van der Waals surface area contributed by atoms with E-state index in [0.29, 0.717) is 5.96 Å². The van der Waals surface area contributed by atoms with E-state index in [0.717, 1.165) is 49.0 Å². The van der Waals surface area contributed by atoms with Crippen LogP contribution < -0.4 is 5.73 Å². The van der Waals surface area contributed by atoms with Crippen LogP contribution in [0, 0.1) is 0 Å². The summed E-state index contributed by atoms with van der Waals surface area (Å²) in [7, 11) is 0. The number of nitrogens with two attached hydrogens (primary N) is 1. The second kappa shape index (κ2) is 7.42. The van der Waals surface area contributed by atoms with Crippen molar-refractivity contribution < 1.29 is 0 Å². The van der Waals surface area contributed by atoms with Crippen molar-refractivity contribution in [1.29, 1.82) is 0 Å². The summed E-state index contributed by atoms with van der Waals surface area (Å²) in [6, 6.07) is 8.12. The van der Waals surface area contributed by atoms with Crippen molar-refractivity contribution in [1.82, 2.24) is 4.90 Å². The van der Waals surface area contributed by atoms with Gasteiger partial charge in [0.1, 0.15) is 0 Å². The van der Waals surface area contributed by atoms with Crippen LogP contribution in [-0.2, 0) is 5.41 Å². The molecule has 0 spiro atoms. The lowest BCUT2D eigenvalue weighted by molar-refractivity contribution is 0.454. The summed E-state index contributed by atoms with van der Waals surface area (Å²) in [4.78, 5) is 6.85. The number of halogens is 2. The van der Waals surface area contributed by atoms with Crippen LogP contribution in [0.25, 0.3) is 0 Å². The second-order valence-corrected chi connectivity index (χ2v) is 7.17. The normalized spacial score (nSPS) is 20.8. The predicted molar refractivity (Wildman–Crippen MR) is 103 cm³/mol. The highest BCUT2D eigenvalue weighted by atomic mass is 127. The van der Waals surface area contributed by atoms with Gasteiger partial charge in [0.05, 0.1) is 6.54 Å². The second-order valence-electron chi connectivity index (χ2n) is 5.53. The van der Waals surface area contributed by atoms with Crippen LogP contribution in [0.3, 0.4) is 0 Å². The maximum absolute atomic E-state index is 6.32. The van der Waals surface area contributed by atoms with Gasteiger partial charge in [-0.15, -0.1) is 24.0 Å². The molecular weight excluding hydrogens is 417 g/mol. The highest BCUT2D eigenvalue weighted by Crippen LogP contribution is 2.50. The smallest absolute Gasteiger partial charge is 0.191 e. The monoisotopic (exact) mass is 437 g/mol. The van der Waals surface area contributed by atoms with E-state index in [4.69, 9.17) is 17.3 Å². The maximum atomic E-state index is 6.32. The number of nitrogens with zero attached hydrogens (tertiary/aromatic N) is 2. The molecule has 0 unspecified atom stereocenters. The molecule has 1 aliphatic carbocycles. The van der Waals surface area contributed by atoms with Crippen LogP contribution in [0.5, 0.6) is 0 Å². The first-order chi connectivity index (χ1) is 9.71. The molecule has 1 saturated heterocycles. The maximum Gasteiger partial charge on any atom is 0.191 e. The number of aliphatic imine (C=N–C) groups is 1. The molecule has 0 radical (unpaired) electrons. The standard InChI is InChI=1S/C15H20ClN3S.HI/c16-13-4-2-1-3-12(13)15(5-6-15)11-18-14(17)19-7-9-20-10-8-19;/h1-4H,5-11H2,(H2,17,18);1H. The summed E-state index contributed by atoms with van der Waals surface area (Å²) >= 11 is 8.30. The molecule has 1 heterocycles. The Hall–Kier alpha value is -0.140. The Morgan fingerprint density at radius 3 is 2.57 bits per heavy atom. The Labute approximate surface area is 152 Å².